The molecule has 3 rings (SSSR count). The van der Waals surface area contributed by atoms with Gasteiger partial charge in [0.15, 0.2) is 12.0 Å². The first kappa shape index (κ1) is 14.2. The summed E-state index contributed by atoms with van der Waals surface area (Å²) >= 11 is 0. The molecule has 21 heavy (non-hydrogen) atoms. The number of aliphatic hydroxyl groups is 3. The molecule has 0 saturated carbocycles. The van der Waals surface area contributed by atoms with Gasteiger partial charge in [-0.3, -0.25) is 0 Å². The molecule has 0 spiro atoms. The topological polar surface area (TPSA) is 124 Å². The zero-order valence-electron chi connectivity index (χ0n) is 10.7. The molecule has 8 nitrogen and oxygen atoms in total. The van der Waals surface area contributed by atoms with Crippen molar-refractivity contribution in [1.29, 1.82) is 0 Å². The Morgan fingerprint density at radius 1 is 1.38 bits per heavy atom. The summed E-state index contributed by atoms with van der Waals surface area (Å²) in [5.41, 5.74) is 5.38. The van der Waals surface area contributed by atoms with Crippen LogP contribution >= 0.6 is 0 Å². The van der Waals surface area contributed by atoms with Crippen LogP contribution in [0, 0.1) is 11.8 Å². The predicted molar refractivity (Wildman–Crippen MR) is 67.3 cm³/mol. The highest BCUT2D eigenvalue weighted by Crippen LogP contribution is 2.41. The second-order valence-electron chi connectivity index (χ2n) is 4.86. The van der Waals surface area contributed by atoms with Gasteiger partial charge >= 0.3 is 0 Å². The van der Waals surface area contributed by atoms with Gasteiger partial charge in [0.2, 0.25) is 5.82 Å². The Kier molecular flexibility index (Phi) is 3.32. The Bertz CT molecular complexity index is 576. The number of nitrogens with two attached hydrogens (primary N) is 1. The van der Waals surface area contributed by atoms with Crippen LogP contribution in [0.5, 0.6) is 0 Å². The van der Waals surface area contributed by atoms with Gasteiger partial charge in [0.25, 0.3) is 5.95 Å². The van der Waals surface area contributed by atoms with Crippen LogP contribution < -0.4 is 16.0 Å². The molecule has 10 heteroatoms. The normalized spacial score (nSPS) is 31.4. The number of hydrogen-bond donors (Lipinski definition) is 5. The van der Waals surface area contributed by atoms with Crippen LogP contribution in [0.2, 0.25) is 0 Å². The number of fused-ring (bicyclic) bond motifs is 1. The van der Waals surface area contributed by atoms with E-state index in [9.17, 15) is 19.0 Å². The summed E-state index contributed by atoms with van der Waals surface area (Å²) < 4.78 is 32.7. The van der Waals surface area contributed by atoms with Crippen LogP contribution in [-0.4, -0.2) is 58.1 Å². The minimum absolute atomic E-state index is 0.0197. The molecule has 1 aromatic heterocycles. The van der Waals surface area contributed by atoms with Crippen LogP contribution in [0.4, 0.5) is 26.0 Å². The molecule has 0 aromatic carbocycles. The Hall–Kier alpha value is -1.75. The van der Waals surface area contributed by atoms with Crippen LogP contribution in [0.3, 0.4) is 0 Å². The van der Waals surface area contributed by atoms with Crippen molar-refractivity contribution in [2.75, 3.05) is 29.2 Å². The molecule has 3 heterocycles. The van der Waals surface area contributed by atoms with Gasteiger partial charge < -0.3 is 36.0 Å². The Morgan fingerprint density at radius 2 is 2.10 bits per heavy atom. The maximum absolute atomic E-state index is 14.0. The summed E-state index contributed by atoms with van der Waals surface area (Å²) in [6, 6.07) is 0. The van der Waals surface area contributed by atoms with Gasteiger partial charge in [-0.25, -0.2) is 0 Å². The van der Waals surface area contributed by atoms with Crippen molar-refractivity contribution in [3.8, 4) is 0 Å². The van der Waals surface area contributed by atoms with E-state index in [1.54, 1.807) is 0 Å². The molecule has 1 aromatic rings. The SMILES string of the molecule is Nc1nc(F)c(F)c2c1NCN2[C@@H]1O[C@H](CO)[C@@H](O)[C@H]1O. The third-order valence-electron chi connectivity index (χ3n) is 3.64. The van der Waals surface area contributed by atoms with Crippen LogP contribution in [0.15, 0.2) is 0 Å². The number of halogens is 2. The lowest BCUT2D eigenvalue weighted by Gasteiger charge is -2.27. The van der Waals surface area contributed by atoms with E-state index in [4.69, 9.17) is 15.6 Å². The van der Waals surface area contributed by atoms with Crippen LogP contribution in [0.25, 0.3) is 0 Å². The smallest absolute Gasteiger partial charge is 0.253 e. The highest BCUT2D eigenvalue weighted by molar-refractivity contribution is 5.83. The number of nitrogens with zero attached hydrogens (tertiary/aromatic N) is 2. The van der Waals surface area contributed by atoms with Crippen molar-refractivity contribution in [2.45, 2.75) is 24.5 Å². The third-order valence-corrected chi connectivity index (χ3v) is 3.64. The van der Waals surface area contributed by atoms with E-state index in [2.05, 4.69) is 10.3 Å². The fourth-order valence-corrected chi connectivity index (χ4v) is 2.58. The van der Waals surface area contributed by atoms with Gasteiger partial charge in [-0.15, -0.1) is 0 Å². The zero-order chi connectivity index (χ0) is 15.3. The molecule has 1 fully saturated rings. The van der Waals surface area contributed by atoms with Gasteiger partial charge in [0, 0.05) is 0 Å². The van der Waals surface area contributed by atoms with Crippen molar-refractivity contribution >= 4 is 17.2 Å². The molecule has 0 aliphatic carbocycles. The lowest BCUT2D eigenvalue weighted by Crippen LogP contribution is -2.44. The Morgan fingerprint density at radius 3 is 2.71 bits per heavy atom. The molecular formula is C11H14F2N4O4. The number of hydrogen-bond acceptors (Lipinski definition) is 8. The molecule has 1 saturated heterocycles. The van der Waals surface area contributed by atoms with Crippen molar-refractivity contribution in [1.82, 2.24) is 4.98 Å². The highest BCUT2D eigenvalue weighted by Gasteiger charge is 2.47. The van der Waals surface area contributed by atoms with Crippen molar-refractivity contribution in [3.63, 3.8) is 0 Å². The average molecular weight is 304 g/mol. The number of aromatic nitrogens is 1. The van der Waals surface area contributed by atoms with E-state index in [1.165, 1.54) is 4.90 Å². The van der Waals surface area contributed by atoms with Gasteiger partial charge in [-0.05, 0) is 0 Å². The van der Waals surface area contributed by atoms with E-state index in [1.807, 2.05) is 0 Å². The number of nitrogens with one attached hydrogen (secondary N) is 1. The molecule has 2 aliphatic rings. The van der Waals surface area contributed by atoms with Gasteiger partial charge in [-0.2, -0.15) is 13.8 Å². The second kappa shape index (κ2) is 4.91. The molecule has 0 amide bonds. The van der Waals surface area contributed by atoms with E-state index in [0.29, 0.717) is 0 Å². The second-order valence-corrected chi connectivity index (χ2v) is 4.86. The first-order chi connectivity index (χ1) is 9.95. The van der Waals surface area contributed by atoms with Crippen LogP contribution in [-0.2, 0) is 4.74 Å². The standard InChI is InChI=1S/C11H14F2N4O4/c12-4-6-5(10(14)16-9(4)13)15-2-17(6)11-8(20)7(19)3(1-18)21-11/h3,7-8,11,15,18-20H,1-2H2,(H2,14,16)/t3-,7-,8-,11-/m1/s1. The fourth-order valence-electron chi connectivity index (χ4n) is 2.58. The lowest BCUT2D eigenvalue weighted by atomic mass is 10.1. The maximum atomic E-state index is 14.0. The minimum Gasteiger partial charge on any atom is -0.394 e. The maximum Gasteiger partial charge on any atom is 0.253 e. The van der Waals surface area contributed by atoms with Crippen molar-refractivity contribution in [3.05, 3.63) is 11.8 Å². The minimum atomic E-state index is -1.40. The van der Waals surface area contributed by atoms with E-state index in [0.717, 1.165) is 0 Å². The number of rotatable bonds is 2. The molecule has 4 atom stereocenters. The van der Waals surface area contributed by atoms with Gasteiger partial charge in [0.1, 0.15) is 29.7 Å². The molecule has 0 unspecified atom stereocenters. The molecule has 6 N–H and O–H groups in total. The summed E-state index contributed by atoms with van der Waals surface area (Å²) in [5, 5.41) is 31.5. The summed E-state index contributed by atoms with van der Waals surface area (Å²) in [6.07, 6.45) is -4.90. The largest absolute Gasteiger partial charge is 0.394 e. The summed E-state index contributed by atoms with van der Waals surface area (Å²) in [4.78, 5) is 4.41. The van der Waals surface area contributed by atoms with Crippen molar-refractivity contribution in [2.24, 2.45) is 0 Å². The van der Waals surface area contributed by atoms with E-state index in [-0.39, 0.29) is 23.9 Å². The first-order valence-corrected chi connectivity index (χ1v) is 6.23. The predicted octanol–water partition coefficient (Wildman–Crippen LogP) is -1.43. The average Bonchev–Trinajstić information content (AvgIpc) is 3.00. The van der Waals surface area contributed by atoms with E-state index >= 15 is 0 Å². The molecule has 0 bridgehead atoms. The number of pyridine rings is 1. The molecule has 0 radical (unpaired) electrons. The number of aliphatic hydroxyl groups excluding tert-OH is 3. The summed E-state index contributed by atoms with van der Waals surface area (Å²) in [5.74, 6) is -2.83. The summed E-state index contributed by atoms with van der Waals surface area (Å²) in [7, 11) is 0. The Labute approximate surface area is 117 Å². The first-order valence-electron chi connectivity index (χ1n) is 6.23. The van der Waals surface area contributed by atoms with Gasteiger partial charge in [0.05, 0.1) is 13.3 Å². The molecule has 116 valence electrons. The highest BCUT2D eigenvalue weighted by atomic mass is 19.2. The monoisotopic (exact) mass is 304 g/mol. The Balaban J connectivity index is 1.98. The number of anilines is 3. The van der Waals surface area contributed by atoms with Crippen molar-refractivity contribution < 1.29 is 28.8 Å². The lowest BCUT2D eigenvalue weighted by molar-refractivity contribution is -0.0219. The fraction of sp³-hybridized carbons (Fsp3) is 0.545. The number of ether oxygens (including phenoxy) is 1. The molecular weight excluding hydrogens is 290 g/mol. The summed E-state index contributed by atoms with van der Waals surface area (Å²) in [6.45, 7) is -0.535. The molecule has 2 aliphatic heterocycles. The number of nitrogen functional groups attached to an aromatic ring is 1. The van der Waals surface area contributed by atoms with Gasteiger partial charge in [-0.1, -0.05) is 0 Å². The third kappa shape index (κ3) is 1.99. The quantitative estimate of drug-likeness (QED) is 0.421. The van der Waals surface area contributed by atoms with E-state index < -0.39 is 42.9 Å². The zero-order valence-corrected chi connectivity index (χ0v) is 10.7. The van der Waals surface area contributed by atoms with Crippen LogP contribution in [0.1, 0.15) is 0 Å².